The second kappa shape index (κ2) is 5.30. The first-order valence-corrected chi connectivity index (χ1v) is 7.65. The summed E-state index contributed by atoms with van der Waals surface area (Å²) in [6.07, 6.45) is 3.14. The van der Waals surface area contributed by atoms with Gasteiger partial charge in [0, 0.05) is 0 Å². The quantitative estimate of drug-likeness (QED) is 0.786. The van der Waals surface area contributed by atoms with E-state index in [1.807, 2.05) is 6.92 Å². The summed E-state index contributed by atoms with van der Waals surface area (Å²) in [4.78, 5) is 0. The summed E-state index contributed by atoms with van der Waals surface area (Å²) in [5.74, 6) is 1.07. The van der Waals surface area contributed by atoms with Gasteiger partial charge in [0.2, 0.25) is 0 Å². The summed E-state index contributed by atoms with van der Waals surface area (Å²) in [5, 5.41) is 9.88. The zero-order valence-corrected chi connectivity index (χ0v) is 10.5. The molecule has 0 saturated carbocycles. The Morgan fingerprint density at radius 1 is 1.47 bits per heavy atom. The molecule has 1 fully saturated rings. The topological polar surface area (TPSA) is 54.4 Å². The fourth-order valence-electron chi connectivity index (χ4n) is 2.28. The Morgan fingerprint density at radius 2 is 2.13 bits per heavy atom. The van der Waals surface area contributed by atoms with Gasteiger partial charge >= 0.3 is 0 Å². The van der Waals surface area contributed by atoms with Gasteiger partial charge in [0.05, 0.1) is 17.6 Å². The van der Waals surface area contributed by atoms with Crippen molar-refractivity contribution in [1.82, 2.24) is 0 Å². The lowest BCUT2D eigenvalue weighted by Gasteiger charge is -2.20. The van der Waals surface area contributed by atoms with E-state index in [9.17, 15) is 13.5 Å². The molecule has 1 saturated heterocycles. The van der Waals surface area contributed by atoms with E-state index in [-0.39, 0.29) is 17.8 Å². The van der Waals surface area contributed by atoms with Crippen LogP contribution in [0.5, 0.6) is 0 Å². The van der Waals surface area contributed by atoms with Gasteiger partial charge in [-0.2, -0.15) is 0 Å². The number of sulfone groups is 1. The molecule has 4 heteroatoms. The maximum atomic E-state index is 11.2. The Hall–Kier alpha value is -0.0900. The summed E-state index contributed by atoms with van der Waals surface area (Å²) in [7, 11) is -2.79. The Balaban J connectivity index is 2.36. The van der Waals surface area contributed by atoms with Crippen LogP contribution in [-0.4, -0.2) is 31.1 Å². The fourth-order valence-corrected chi connectivity index (χ4v) is 4.16. The molecule has 1 aliphatic heterocycles. The molecule has 0 spiro atoms. The van der Waals surface area contributed by atoms with Gasteiger partial charge in [-0.3, -0.25) is 0 Å². The summed E-state index contributed by atoms with van der Waals surface area (Å²) in [5.41, 5.74) is 0. The molecule has 0 aromatic heterocycles. The van der Waals surface area contributed by atoms with Crippen molar-refractivity contribution in [1.29, 1.82) is 0 Å². The van der Waals surface area contributed by atoms with Crippen molar-refractivity contribution < 1.29 is 13.5 Å². The molecule has 0 aliphatic carbocycles. The van der Waals surface area contributed by atoms with Crippen LogP contribution < -0.4 is 0 Å². The average Bonchev–Trinajstić information content (AvgIpc) is 2.46. The Morgan fingerprint density at radius 3 is 2.60 bits per heavy atom. The highest BCUT2D eigenvalue weighted by atomic mass is 32.2. The van der Waals surface area contributed by atoms with Crippen molar-refractivity contribution >= 4 is 9.84 Å². The lowest BCUT2D eigenvalue weighted by molar-refractivity contribution is 0.0885. The highest BCUT2D eigenvalue weighted by Gasteiger charge is 2.30. The normalized spacial score (nSPS) is 28.9. The SMILES string of the molecule is CCCC(C)C(O)CC1CCS(=O)(=O)C1. The number of hydrogen-bond acceptors (Lipinski definition) is 3. The Labute approximate surface area is 92.8 Å². The van der Waals surface area contributed by atoms with Crippen LogP contribution in [0.15, 0.2) is 0 Å². The third-order valence-corrected chi connectivity index (χ3v) is 5.14. The second-order valence-corrected chi connectivity index (χ2v) is 7.07. The van der Waals surface area contributed by atoms with E-state index in [1.165, 1.54) is 0 Å². The number of aliphatic hydroxyl groups is 1. The minimum absolute atomic E-state index is 0.185. The van der Waals surface area contributed by atoms with E-state index in [2.05, 4.69) is 6.92 Å². The predicted molar refractivity (Wildman–Crippen MR) is 61.5 cm³/mol. The van der Waals surface area contributed by atoms with Gasteiger partial charge in [-0.25, -0.2) is 8.42 Å². The highest BCUT2D eigenvalue weighted by Crippen LogP contribution is 2.26. The van der Waals surface area contributed by atoms with E-state index in [0.29, 0.717) is 18.1 Å². The maximum Gasteiger partial charge on any atom is 0.150 e. The summed E-state index contributed by atoms with van der Waals surface area (Å²) in [6.45, 7) is 4.14. The summed E-state index contributed by atoms with van der Waals surface area (Å²) < 4.78 is 22.5. The van der Waals surface area contributed by atoms with Gasteiger partial charge in [-0.15, -0.1) is 0 Å². The first kappa shape index (κ1) is 13.0. The van der Waals surface area contributed by atoms with Gasteiger partial charge in [0.15, 0.2) is 9.84 Å². The molecule has 1 aliphatic rings. The largest absolute Gasteiger partial charge is 0.393 e. The first-order valence-electron chi connectivity index (χ1n) is 5.83. The number of rotatable bonds is 5. The molecule has 3 unspecified atom stereocenters. The van der Waals surface area contributed by atoms with Crippen molar-refractivity contribution in [3.05, 3.63) is 0 Å². The van der Waals surface area contributed by atoms with Crippen molar-refractivity contribution in [2.75, 3.05) is 11.5 Å². The van der Waals surface area contributed by atoms with E-state index >= 15 is 0 Å². The molecule has 0 aromatic rings. The van der Waals surface area contributed by atoms with Crippen LogP contribution in [0.4, 0.5) is 0 Å². The van der Waals surface area contributed by atoms with Crippen molar-refractivity contribution in [2.45, 2.75) is 45.6 Å². The standard InChI is InChI=1S/C11H22O3S/c1-3-4-9(2)11(12)7-10-5-6-15(13,14)8-10/h9-12H,3-8H2,1-2H3. The molecule has 0 bridgehead atoms. The maximum absolute atomic E-state index is 11.2. The van der Waals surface area contributed by atoms with E-state index < -0.39 is 9.84 Å². The smallest absolute Gasteiger partial charge is 0.150 e. The molecule has 1 N–H and O–H groups in total. The van der Waals surface area contributed by atoms with Crippen molar-refractivity contribution in [3.8, 4) is 0 Å². The van der Waals surface area contributed by atoms with Gasteiger partial charge in [-0.05, 0) is 31.1 Å². The van der Waals surface area contributed by atoms with Crippen LogP contribution in [0.1, 0.15) is 39.5 Å². The third-order valence-electron chi connectivity index (χ3n) is 3.30. The van der Waals surface area contributed by atoms with Crippen molar-refractivity contribution in [2.24, 2.45) is 11.8 Å². The molecular weight excluding hydrogens is 212 g/mol. The number of hydrogen-bond donors (Lipinski definition) is 1. The highest BCUT2D eigenvalue weighted by molar-refractivity contribution is 7.91. The summed E-state index contributed by atoms with van der Waals surface area (Å²) in [6, 6.07) is 0. The van der Waals surface area contributed by atoms with Crippen LogP contribution >= 0.6 is 0 Å². The molecule has 0 amide bonds. The molecule has 3 atom stereocenters. The van der Waals surface area contributed by atoms with E-state index in [4.69, 9.17) is 0 Å². The minimum atomic E-state index is -2.79. The van der Waals surface area contributed by atoms with Crippen LogP contribution in [0.3, 0.4) is 0 Å². The van der Waals surface area contributed by atoms with Crippen LogP contribution in [-0.2, 0) is 9.84 Å². The first-order chi connectivity index (χ1) is 6.94. The van der Waals surface area contributed by atoms with Gasteiger partial charge in [0.25, 0.3) is 0 Å². The molecule has 1 heterocycles. The lowest BCUT2D eigenvalue weighted by atomic mass is 9.91. The van der Waals surface area contributed by atoms with Crippen LogP contribution in [0, 0.1) is 11.8 Å². The van der Waals surface area contributed by atoms with Crippen molar-refractivity contribution in [3.63, 3.8) is 0 Å². The minimum Gasteiger partial charge on any atom is -0.393 e. The summed E-state index contributed by atoms with van der Waals surface area (Å²) >= 11 is 0. The number of aliphatic hydroxyl groups excluding tert-OH is 1. The molecule has 90 valence electrons. The van der Waals surface area contributed by atoms with Crippen LogP contribution in [0.25, 0.3) is 0 Å². The third kappa shape index (κ3) is 4.11. The molecule has 3 nitrogen and oxygen atoms in total. The Kier molecular flexibility index (Phi) is 4.59. The molecular formula is C11H22O3S. The van der Waals surface area contributed by atoms with E-state index in [0.717, 1.165) is 19.3 Å². The zero-order valence-electron chi connectivity index (χ0n) is 9.65. The molecule has 15 heavy (non-hydrogen) atoms. The second-order valence-electron chi connectivity index (χ2n) is 4.84. The van der Waals surface area contributed by atoms with Gasteiger partial charge in [0.1, 0.15) is 0 Å². The molecule has 1 rings (SSSR count). The fraction of sp³-hybridized carbons (Fsp3) is 1.00. The monoisotopic (exact) mass is 234 g/mol. The van der Waals surface area contributed by atoms with Gasteiger partial charge < -0.3 is 5.11 Å². The lowest BCUT2D eigenvalue weighted by Crippen LogP contribution is -2.22. The predicted octanol–water partition coefficient (Wildman–Crippen LogP) is 1.61. The average molecular weight is 234 g/mol. The molecule has 0 radical (unpaired) electrons. The van der Waals surface area contributed by atoms with Gasteiger partial charge in [-0.1, -0.05) is 20.3 Å². The van der Waals surface area contributed by atoms with E-state index in [1.54, 1.807) is 0 Å². The van der Waals surface area contributed by atoms with Crippen LogP contribution in [0.2, 0.25) is 0 Å². The Bertz CT molecular complexity index is 284. The zero-order chi connectivity index (χ0) is 11.5. The molecule has 0 aromatic carbocycles.